The Bertz CT molecular complexity index is 1420. The van der Waals surface area contributed by atoms with Crippen LogP contribution in [0.2, 0.25) is 0 Å². The molecule has 2 fully saturated rings. The summed E-state index contributed by atoms with van der Waals surface area (Å²) in [5, 5.41) is 1.00. The van der Waals surface area contributed by atoms with E-state index in [-0.39, 0.29) is 17.8 Å². The molecule has 0 atom stereocenters. The molecule has 0 amide bonds. The molecule has 6 rings (SSSR count). The number of fused-ring (bicyclic) bond motifs is 3. The van der Waals surface area contributed by atoms with Gasteiger partial charge in [-0.25, -0.2) is 9.78 Å². The molecule has 3 aromatic heterocycles. The van der Waals surface area contributed by atoms with Gasteiger partial charge in [0.25, 0.3) is 0 Å². The molecule has 35 heavy (non-hydrogen) atoms. The van der Waals surface area contributed by atoms with Crippen molar-refractivity contribution in [1.29, 1.82) is 0 Å². The van der Waals surface area contributed by atoms with Gasteiger partial charge in [0.05, 0.1) is 28.9 Å². The zero-order valence-corrected chi connectivity index (χ0v) is 20.8. The first kappa shape index (κ1) is 22.3. The molecule has 7 heteroatoms. The topological polar surface area (TPSA) is 65.2 Å². The molecule has 4 aromatic rings. The van der Waals surface area contributed by atoms with Gasteiger partial charge in [0, 0.05) is 50.4 Å². The molecule has 2 aliphatic rings. The number of pyridine rings is 2. The molecule has 4 heterocycles. The summed E-state index contributed by atoms with van der Waals surface area (Å²) in [6.45, 7) is 4.46. The molecule has 0 spiro atoms. The van der Waals surface area contributed by atoms with E-state index in [1.807, 2.05) is 30.1 Å². The average Bonchev–Trinajstić information content (AvgIpc) is 3.13. The zero-order valence-electron chi connectivity index (χ0n) is 20.8. The van der Waals surface area contributed by atoms with Gasteiger partial charge < -0.3 is 9.64 Å². The van der Waals surface area contributed by atoms with Gasteiger partial charge in [-0.05, 0) is 61.4 Å². The van der Waals surface area contributed by atoms with E-state index in [1.165, 1.54) is 19.3 Å². The number of aryl methyl sites for hydroxylation is 1. The van der Waals surface area contributed by atoms with E-state index >= 15 is 0 Å². The Morgan fingerprint density at radius 1 is 1.03 bits per heavy atom. The smallest absolute Gasteiger partial charge is 0.329 e. The van der Waals surface area contributed by atoms with E-state index in [0.29, 0.717) is 0 Å². The third-order valence-electron chi connectivity index (χ3n) is 8.28. The van der Waals surface area contributed by atoms with Crippen molar-refractivity contribution < 1.29 is 4.74 Å². The zero-order chi connectivity index (χ0) is 24.1. The van der Waals surface area contributed by atoms with Crippen LogP contribution in [0, 0.1) is 5.92 Å². The quantitative estimate of drug-likeness (QED) is 0.413. The van der Waals surface area contributed by atoms with Gasteiger partial charge in [0.1, 0.15) is 5.82 Å². The van der Waals surface area contributed by atoms with Crippen molar-refractivity contribution in [3.05, 3.63) is 53.2 Å². The van der Waals surface area contributed by atoms with E-state index in [9.17, 15) is 4.79 Å². The fourth-order valence-electron chi connectivity index (χ4n) is 5.80. The van der Waals surface area contributed by atoms with Gasteiger partial charge in [0.15, 0.2) is 0 Å². The van der Waals surface area contributed by atoms with Crippen LogP contribution >= 0.6 is 0 Å². The minimum atomic E-state index is 0.0112. The number of anilines is 1. The molecule has 1 aliphatic heterocycles. The van der Waals surface area contributed by atoms with Crippen molar-refractivity contribution in [3.63, 3.8) is 0 Å². The molecule has 1 saturated carbocycles. The standard InChI is InChI=1S/C28H33N5O2/c1-4-18-9-11-32(12-10-18)26-8-6-20(16-30-26)19-5-7-24-23(13-19)27-25(17-29-24)31(2)28(34)33(27)21-14-22(15-21)35-3/h5-8,13,16-18,21-22H,4,9-12,14-15H2,1-3H3. The third-order valence-corrected chi connectivity index (χ3v) is 8.28. The van der Waals surface area contributed by atoms with E-state index < -0.39 is 0 Å². The van der Waals surface area contributed by atoms with Crippen LogP contribution in [0.25, 0.3) is 33.1 Å². The van der Waals surface area contributed by atoms with Crippen LogP contribution in [-0.4, -0.2) is 45.4 Å². The van der Waals surface area contributed by atoms with Crippen molar-refractivity contribution in [2.45, 2.75) is 51.2 Å². The van der Waals surface area contributed by atoms with E-state index in [0.717, 1.165) is 70.7 Å². The van der Waals surface area contributed by atoms with Crippen LogP contribution in [0.5, 0.6) is 0 Å². The van der Waals surface area contributed by atoms with Crippen LogP contribution in [0.1, 0.15) is 45.1 Å². The minimum Gasteiger partial charge on any atom is -0.381 e. The molecule has 0 bridgehead atoms. The molecule has 1 aromatic carbocycles. The van der Waals surface area contributed by atoms with Crippen LogP contribution in [0.15, 0.2) is 47.5 Å². The first-order chi connectivity index (χ1) is 17.1. The lowest BCUT2D eigenvalue weighted by atomic mass is 9.89. The lowest BCUT2D eigenvalue weighted by molar-refractivity contribution is 0.00635. The SMILES string of the molecule is CCC1CCN(c2ccc(-c3ccc4ncc5c(c4c3)n(C3CC(OC)C3)c(=O)n5C)cn2)CC1. The molecule has 1 saturated heterocycles. The first-order valence-corrected chi connectivity index (χ1v) is 12.8. The van der Waals surface area contributed by atoms with Gasteiger partial charge in [0.2, 0.25) is 0 Å². The highest BCUT2D eigenvalue weighted by molar-refractivity contribution is 6.04. The molecule has 0 unspecified atom stereocenters. The van der Waals surface area contributed by atoms with E-state index in [4.69, 9.17) is 9.72 Å². The van der Waals surface area contributed by atoms with Gasteiger partial charge in [-0.1, -0.05) is 19.4 Å². The normalized spacial score (nSPS) is 21.1. The molecule has 0 N–H and O–H groups in total. The summed E-state index contributed by atoms with van der Waals surface area (Å²) in [4.78, 5) is 25.1. The van der Waals surface area contributed by atoms with E-state index in [1.54, 1.807) is 11.7 Å². The number of methoxy groups -OCH3 is 1. The number of benzene rings is 1. The molecule has 1 aliphatic carbocycles. The number of rotatable bonds is 5. The molecule has 7 nitrogen and oxygen atoms in total. The van der Waals surface area contributed by atoms with Crippen molar-refractivity contribution in [2.24, 2.45) is 13.0 Å². The van der Waals surface area contributed by atoms with Gasteiger partial charge in [-0.3, -0.25) is 14.1 Å². The van der Waals surface area contributed by atoms with Crippen LogP contribution < -0.4 is 10.6 Å². The maximum Gasteiger partial charge on any atom is 0.329 e. The number of piperidine rings is 1. The number of hydrogen-bond donors (Lipinski definition) is 0. The summed E-state index contributed by atoms with van der Waals surface area (Å²) in [6.07, 6.45) is 9.51. The third kappa shape index (κ3) is 3.73. The number of ether oxygens (including phenoxy) is 1. The molecule has 182 valence electrons. The lowest BCUT2D eigenvalue weighted by Gasteiger charge is -2.34. The Morgan fingerprint density at radius 3 is 2.49 bits per heavy atom. The van der Waals surface area contributed by atoms with Crippen molar-refractivity contribution in [2.75, 3.05) is 25.1 Å². The van der Waals surface area contributed by atoms with Gasteiger partial charge in [-0.2, -0.15) is 0 Å². The van der Waals surface area contributed by atoms with E-state index in [2.05, 4.69) is 41.1 Å². The fourth-order valence-corrected chi connectivity index (χ4v) is 5.80. The highest BCUT2D eigenvalue weighted by Crippen LogP contribution is 2.37. The first-order valence-electron chi connectivity index (χ1n) is 12.8. The largest absolute Gasteiger partial charge is 0.381 e. The highest BCUT2D eigenvalue weighted by Gasteiger charge is 2.33. The second kappa shape index (κ2) is 8.79. The maximum absolute atomic E-state index is 13.2. The predicted molar refractivity (Wildman–Crippen MR) is 140 cm³/mol. The summed E-state index contributed by atoms with van der Waals surface area (Å²) in [5.74, 6) is 1.91. The molecular formula is C28H33N5O2. The number of aromatic nitrogens is 4. The van der Waals surface area contributed by atoms with Crippen molar-refractivity contribution >= 4 is 27.8 Å². The summed E-state index contributed by atoms with van der Waals surface area (Å²) >= 11 is 0. The average molecular weight is 472 g/mol. The maximum atomic E-state index is 13.2. The Labute approximate surface area is 205 Å². The Kier molecular flexibility index (Phi) is 5.60. The fraction of sp³-hybridized carbons (Fsp3) is 0.464. The minimum absolute atomic E-state index is 0.0112. The molecular weight excluding hydrogens is 438 g/mol. The summed E-state index contributed by atoms with van der Waals surface area (Å²) in [5.41, 5.74) is 4.89. The Balaban J connectivity index is 1.37. The summed E-state index contributed by atoms with van der Waals surface area (Å²) in [6, 6.07) is 10.8. The Morgan fingerprint density at radius 2 is 1.80 bits per heavy atom. The van der Waals surface area contributed by atoms with Crippen LogP contribution in [-0.2, 0) is 11.8 Å². The van der Waals surface area contributed by atoms with Gasteiger partial charge >= 0.3 is 5.69 Å². The second-order valence-electron chi connectivity index (χ2n) is 10.2. The van der Waals surface area contributed by atoms with Crippen molar-refractivity contribution in [3.8, 4) is 11.1 Å². The van der Waals surface area contributed by atoms with Gasteiger partial charge in [-0.15, -0.1) is 0 Å². The summed E-state index contributed by atoms with van der Waals surface area (Å²) in [7, 11) is 3.57. The van der Waals surface area contributed by atoms with Crippen LogP contribution in [0.3, 0.4) is 0 Å². The highest BCUT2D eigenvalue weighted by atomic mass is 16.5. The predicted octanol–water partition coefficient (Wildman–Crippen LogP) is 4.93. The lowest BCUT2D eigenvalue weighted by Crippen LogP contribution is -2.37. The Hall–Kier alpha value is -3.19. The molecule has 0 radical (unpaired) electrons. The number of nitrogens with zero attached hydrogens (tertiary/aromatic N) is 5. The number of imidazole rings is 1. The number of hydrogen-bond acceptors (Lipinski definition) is 5. The monoisotopic (exact) mass is 471 g/mol. The second-order valence-corrected chi connectivity index (χ2v) is 10.2. The van der Waals surface area contributed by atoms with Crippen LogP contribution in [0.4, 0.5) is 5.82 Å². The summed E-state index contributed by atoms with van der Waals surface area (Å²) < 4.78 is 9.15. The van der Waals surface area contributed by atoms with Crippen molar-refractivity contribution in [1.82, 2.24) is 19.1 Å².